The predicted octanol–water partition coefficient (Wildman–Crippen LogP) is 3.12. The van der Waals surface area contributed by atoms with E-state index in [1.165, 1.54) is 5.56 Å². The third kappa shape index (κ3) is 5.35. The number of benzene rings is 2. The minimum absolute atomic E-state index is 0.00382. The molecule has 1 aliphatic carbocycles. The Balaban J connectivity index is 1.15. The molecule has 0 spiro atoms. The lowest BCUT2D eigenvalue weighted by molar-refractivity contribution is -0.122. The monoisotopic (exact) mass is 430 g/mol. The molecule has 2 N–H and O–H groups in total. The highest BCUT2D eigenvalue weighted by Gasteiger charge is 2.35. The van der Waals surface area contributed by atoms with Crippen LogP contribution in [-0.2, 0) is 4.79 Å². The lowest BCUT2D eigenvalue weighted by Crippen LogP contribution is -2.63. The molecule has 0 unspecified atom stereocenters. The molecule has 2 aliphatic rings. The molecule has 166 valence electrons. The summed E-state index contributed by atoms with van der Waals surface area (Å²) < 4.78 is 0. The van der Waals surface area contributed by atoms with Crippen molar-refractivity contribution in [2.24, 2.45) is 0 Å². The lowest BCUT2D eigenvalue weighted by Gasteiger charge is -2.46. The van der Waals surface area contributed by atoms with Gasteiger partial charge >= 0.3 is 0 Å². The molecule has 0 aromatic heterocycles. The first-order valence-electron chi connectivity index (χ1n) is 11.4. The summed E-state index contributed by atoms with van der Waals surface area (Å²) >= 11 is 0. The summed E-state index contributed by atoms with van der Waals surface area (Å²) in [6.07, 6.45) is 4.57. The molecule has 4 rings (SSSR count). The molecule has 1 saturated heterocycles. The number of hydrogen-bond donors (Lipinski definition) is 2. The minimum atomic E-state index is -0.226. The molecule has 32 heavy (non-hydrogen) atoms. The zero-order valence-electron chi connectivity index (χ0n) is 18.5. The van der Waals surface area contributed by atoms with Crippen LogP contribution in [0.2, 0.25) is 0 Å². The van der Waals surface area contributed by atoms with Crippen LogP contribution in [0, 0.1) is 18.3 Å². The summed E-state index contributed by atoms with van der Waals surface area (Å²) in [6.45, 7) is 3.67. The average molecular weight is 431 g/mol. The van der Waals surface area contributed by atoms with Gasteiger partial charge in [0.05, 0.1) is 24.2 Å². The van der Waals surface area contributed by atoms with Gasteiger partial charge in [-0.15, -0.1) is 0 Å². The number of hydrogen-bond acceptors (Lipinski definition) is 4. The Labute approximate surface area is 189 Å². The van der Waals surface area contributed by atoms with Crippen molar-refractivity contribution in [2.45, 2.75) is 50.6 Å². The van der Waals surface area contributed by atoms with E-state index in [1.54, 1.807) is 6.07 Å². The van der Waals surface area contributed by atoms with Gasteiger partial charge in [0.25, 0.3) is 5.91 Å². The van der Waals surface area contributed by atoms with Crippen LogP contribution in [0.15, 0.2) is 48.5 Å². The quantitative estimate of drug-likeness (QED) is 0.737. The highest BCUT2D eigenvalue weighted by atomic mass is 16.2. The fourth-order valence-electron chi connectivity index (χ4n) is 4.87. The van der Waals surface area contributed by atoms with Crippen molar-refractivity contribution < 1.29 is 9.59 Å². The van der Waals surface area contributed by atoms with Gasteiger partial charge < -0.3 is 10.6 Å². The zero-order chi connectivity index (χ0) is 22.5. The van der Waals surface area contributed by atoms with Crippen molar-refractivity contribution in [3.05, 3.63) is 70.8 Å². The number of nitrogens with one attached hydrogen (secondary N) is 2. The predicted molar refractivity (Wildman–Crippen MR) is 123 cm³/mol. The molecule has 6 heteroatoms. The van der Waals surface area contributed by atoms with Crippen LogP contribution >= 0.6 is 0 Å². The van der Waals surface area contributed by atoms with Crippen LogP contribution in [0.4, 0.5) is 0 Å². The van der Waals surface area contributed by atoms with Crippen molar-refractivity contribution in [1.82, 2.24) is 15.5 Å². The smallest absolute Gasteiger partial charge is 0.251 e. The molecule has 2 aromatic rings. The Hall–Kier alpha value is -3.17. The van der Waals surface area contributed by atoms with Crippen LogP contribution in [0.25, 0.3) is 0 Å². The largest absolute Gasteiger partial charge is 0.349 e. The molecule has 0 bridgehead atoms. The van der Waals surface area contributed by atoms with Crippen molar-refractivity contribution >= 4 is 11.8 Å². The maximum Gasteiger partial charge on any atom is 0.251 e. The normalized spacial score (nSPS) is 21.2. The number of amides is 2. The summed E-state index contributed by atoms with van der Waals surface area (Å²) in [5, 5.41) is 14.8. The number of nitrogens with zero attached hydrogens (tertiary/aromatic N) is 2. The summed E-state index contributed by atoms with van der Waals surface area (Å²) in [5.41, 5.74) is 3.61. The van der Waals surface area contributed by atoms with E-state index in [-0.39, 0.29) is 24.4 Å². The third-order valence-electron chi connectivity index (χ3n) is 6.66. The number of carbonyl (C=O) groups excluding carboxylic acids is 2. The second-order valence-electron chi connectivity index (χ2n) is 9.01. The van der Waals surface area contributed by atoms with Gasteiger partial charge in [0.15, 0.2) is 0 Å². The van der Waals surface area contributed by atoms with Crippen molar-refractivity contribution in [3.8, 4) is 6.07 Å². The second-order valence-corrected chi connectivity index (χ2v) is 9.01. The third-order valence-corrected chi connectivity index (χ3v) is 6.66. The van der Waals surface area contributed by atoms with E-state index >= 15 is 0 Å². The average Bonchev–Trinajstić information content (AvgIpc) is 2.79. The van der Waals surface area contributed by atoms with Gasteiger partial charge in [-0.2, -0.15) is 5.26 Å². The van der Waals surface area contributed by atoms with E-state index in [4.69, 9.17) is 5.26 Å². The van der Waals surface area contributed by atoms with Gasteiger partial charge in [-0.3, -0.25) is 14.5 Å². The fourth-order valence-corrected chi connectivity index (χ4v) is 4.87. The summed E-state index contributed by atoms with van der Waals surface area (Å²) in [7, 11) is 0. The molecular weight excluding hydrogens is 400 g/mol. The van der Waals surface area contributed by atoms with Gasteiger partial charge in [0.2, 0.25) is 5.91 Å². The highest BCUT2D eigenvalue weighted by molar-refractivity contribution is 5.96. The molecule has 0 atom stereocenters. The standard InChI is InChI=1S/C26H30N4O2/c1-18-4-2-7-22(12-18)26(32)28-15-25(31)29-23-16-30(17-23)24-10-8-20(9-11-24)21-6-3-5-19(13-21)14-27/h2-7,12-13,20,23-24H,8-11,15-17H2,1H3,(H,28,32)(H,29,31). The van der Waals surface area contributed by atoms with E-state index in [0.717, 1.165) is 49.9 Å². The minimum Gasteiger partial charge on any atom is -0.349 e. The lowest BCUT2D eigenvalue weighted by atomic mass is 9.80. The van der Waals surface area contributed by atoms with Crippen LogP contribution < -0.4 is 10.6 Å². The zero-order valence-corrected chi connectivity index (χ0v) is 18.5. The first kappa shape index (κ1) is 22.0. The fraction of sp³-hybridized carbons (Fsp3) is 0.423. The van der Waals surface area contributed by atoms with E-state index in [2.05, 4.69) is 27.7 Å². The van der Waals surface area contributed by atoms with E-state index < -0.39 is 0 Å². The summed E-state index contributed by atoms with van der Waals surface area (Å²) in [6, 6.07) is 18.3. The summed E-state index contributed by atoms with van der Waals surface area (Å²) in [4.78, 5) is 26.9. The van der Waals surface area contributed by atoms with Crippen molar-refractivity contribution in [3.63, 3.8) is 0 Å². The second kappa shape index (κ2) is 9.97. The molecule has 1 saturated carbocycles. The van der Waals surface area contributed by atoms with Gasteiger partial charge in [-0.25, -0.2) is 0 Å². The number of carbonyl (C=O) groups is 2. The molecule has 6 nitrogen and oxygen atoms in total. The topological polar surface area (TPSA) is 85.2 Å². The highest BCUT2D eigenvalue weighted by Crippen LogP contribution is 2.36. The Kier molecular flexibility index (Phi) is 6.87. The molecule has 2 fully saturated rings. The number of nitriles is 1. The summed E-state index contributed by atoms with van der Waals surface area (Å²) in [5.74, 6) is 0.168. The van der Waals surface area contributed by atoms with Gasteiger partial charge in [-0.1, -0.05) is 29.8 Å². The van der Waals surface area contributed by atoms with Crippen LogP contribution in [-0.4, -0.2) is 48.4 Å². The van der Waals surface area contributed by atoms with Crippen molar-refractivity contribution in [2.75, 3.05) is 19.6 Å². The molecule has 2 aromatic carbocycles. The molecule has 2 amide bonds. The van der Waals surface area contributed by atoms with Crippen molar-refractivity contribution in [1.29, 1.82) is 5.26 Å². The van der Waals surface area contributed by atoms with E-state index in [0.29, 0.717) is 17.5 Å². The number of rotatable bonds is 6. The first-order valence-corrected chi connectivity index (χ1v) is 11.4. The first-order chi connectivity index (χ1) is 15.5. The van der Waals surface area contributed by atoms with E-state index in [9.17, 15) is 9.59 Å². The number of likely N-dealkylation sites (tertiary alicyclic amines) is 1. The van der Waals surface area contributed by atoms with Gasteiger partial charge in [-0.05, 0) is 68.4 Å². The Morgan fingerprint density at radius 1 is 1.06 bits per heavy atom. The Bertz CT molecular complexity index is 1010. The van der Waals surface area contributed by atoms with Crippen LogP contribution in [0.3, 0.4) is 0 Å². The number of aryl methyl sites for hydroxylation is 1. The maximum absolute atomic E-state index is 12.2. The molecule has 1 heterocycles. The van der Waals surface area contributed by atoms with Crippen LogP contribution in [0.1, 0.15) is 58.6 Å². The SMILES string of the molecule is Cc1cccc(C(=O)NCC(=O)NC2CN(C3CCC(c4cccc(C#N)c4)CC3)C2)c1. The molecule has 0 radical (unpaired) electrons. The molecular formula is C26H30N4O2. The maximum atomic E-state index is 12.2. The van der Waals surface area contributed by atoms with E-state index in [1.807, 2.05) is 43.3 Å². The van der Waals surface area contributed by atoms with Crippen LogP contribution in [0.5, 0.6) is 0 Å². The molecule has 1 aliphatic heterocycles. The van der Waals surface area contributed by atoms with Gasteiger partial charge in [0.1, 0.15) is 0 Å². The Morgan fingerprint density at radius 2 is 1.81 bits per heavy atom. The van der Waals surface area contributed by atoms with Gasteiger partial charge in [0, 0.05) is 24.7 Å². The Morgan fingerprint density at radius 3 is 2.53 bits per heavy atom.